The maximum atomic E-state index is 14.2. The third-order valence-electron chi connectivity index (χ3n) is 4.18. The summed E-state index contributed by atoms with van der Waals surface area (Å²) in [6, 6.07) is 5.57. The highest BCUT2D eigenvalue weighted by atomic mass is 32.2. The monoisotopic (exact) mass is 429 g/mol. The van der Waals surface area contributed by atoms with Crippen LogP contribution >= 0.6 is 0 Å². The molecule has 0 aliphatic heterocycles. The minimum Gasteiger partial charge on any atom is -0.491 e. The molecular weight excluding hydrogens is 414 g/mol. The molecule has 3 aromatic rings. The van der Waals surface area contributed by atoms with Crippen LogP contribution in [0.3, 0.4) is 0 Å². The summed E-state index contributed by atoms with van der Waals surface area (Å²) >= 11 is 0. The van der Waals surface area contributed by atoms with E-state index in [0.29, 0.717) is 5.56 Å². The molecule has 154 valence electrons. The largest absolute Gasteiger partial charge is 0.491 e. The van der Waals surface area contributed by atoms with E-state index in [2.05, 4.69) is 9.72 Å². The summed E-state index contributed by atoms with van der Waals surface area (Å²) in [5.74, 6) is -9.37. The van der Waals surface area contributed by atoms with Crippen molar-refractivity contribution in [2.24, 2.45) is 0 Å². The molecule has 6 nitrogen and oxygen atoms in total. The van der Waals surface area contributed by atoms with Gasteiger partial charge in [-0.05, 0) is 24.6 Å². The van der Waals surface area contributed by atoms with Crippen molar-refractivity contribution in [2.75, 3.05) is 7.11 Å². The molecule has 1 atom stereocenters. The third-order valence-corrected chi connectivity index (χ3v) is 5.74. The van der Waals surface area contributed by atoms with E-state index >= 15 is 0 Å². The molecule has 0 saturated carbocycles. The summed E-state index contributed by atoms with van der Waals surface area (Å²) in [6.07, 6.45) is 4.86. The van der Waals surface area contributed by atoms with Crippen LogP contribution in [-0.2, 0) is 10.0 Å². The van der Waals surface area contributed by atoms with Gasteiger partial charge in [-0.15, -0.1) is 0 Å². The van der Waals surface area contributed by atoms with Gasteiger partial charge in [-0.3, -0.25) is 0 Å². The lowest BCUT2D eigenvalue weighted by molar-refractivity contribution is 0.322. The summed E-state index contributed by atoms with van der Waals surface area (Å²) in [7, 11) is -4.15. The predicted molar refractivity (Wildman–Crippen MR) is 95.1 cm³/mol. The number of hydrogen-bond acceptors (Lipinski definition) is 4. The highest BCUT2D eigenvalue weighted by Crippen LogP contribution is 2.32. The topological polar surface area (TPSA) is 73.2 Å². The van der Waals surface area contributed by atoms with Crippen molar-refractivity contribution in [3.8, 4) is 11.4 Å². The highest BCUT2D eigenvalue weighted by molar-refractivity contribution is 7.89. The quantitative estimate of drug-likeness (QED) is 0.481. The molecule has 29 heavy (non-hydrogen) atoms. The lowest BCUT2D eigenvalue weighted by Crippen LogP contribution is -2.29. The van der Waals surface area contributed by atoms with Gasteiger partial charge in [0, 0.05) is 24.1 Å². The second-order valence-electron chi connectivity index (χ2n) is 6.02. The van der Waals surface area contributed by atoms with E-state index in [1.165, 1.54) is 6.92 Å². The van der Waals surface area contributed by atoms with Crippen LogP contribution in [0.1, 0.15) is 18.5 Å². The van der Waals surface area contributed by atoms with E-state index in [4.69, 9.17) is 0 Å². The SMILES string of the molecule is COc1c(F)c(F)c(S(=O)(=O)NC(C)c2ccc(-n3ccnc3)cc2)c(F)c1F. The van der Waals surface area contributed by atoms with Gasteiger partial charge in [0.1, 0.15) is 0 Å². The van der Waals surface area contributed by atoms with Gasteiger partial charge in [0.15, 0.2) is 22.3 Å². The van der Waals surface area contributed by atoms with Crippen LogP contribution in [0.5, 0.6) is 5.75 Å². The van der Waals surface area contributed by atoms with Crippen molar-refractivity contribution >= 4 is 10.0 Å². The van der Waals surface area contributed by atoms with Crippen LogP contribution in [0.15, 0.2) is 47.9 Å². The first-order valence-electron chi connectivity index (χ1n) is 8.18. The molecular formula is C18H15F4N3O3S. The zero-order chi connectivity index (χ0) is 21.3. The molecule has 0 amide bonds. The molecule has 0 saturated heterocycles. The molecule has 0 radical (unpaired) electrons. The lowest BCUT2D eigenvalue weighted by atomic mass is 10.1. The number of rotatable bonds is 6. The summed E-state index contributed by atoms with van der Waals surface area (Å²) < 4.78 is 88.9. The van der Waals surface area contributed by atoms with Crippen molar-refractivity contribution in [2.45, 2.75) is 17.9 Å². The molecule has 0 fully saturated rings. The molecule has 1 N–H and O–H groups in total. The van der Waals surface area contributed by atoms with Crippen molar-refractivity contribution in [1.82, 2.24) is 14.3 Å². The molecule has 11 heteroatoms. The highest BCUT2D eigenvalue weighted by Gasteiger charge is 2.34. The van der Waals surface area contributed by atoms with Gasteiger partial charge in [-0.25, -0.2) is 26.9 Å². The number of sulfonamides is 1. The van der Waals surface area contributed by atoms with Gasteiger partial charge >= 0.3 is 0 Å². The lowest BCUT2D eigenvalue weighted by Gasteiger charge is -2.17. The van der Waals surface area contributed by atoms with E-state index in [-0.39, 0.29) is 0 Å². The first kappa shape index (κ1) is 20.8. The first-order valence-corrected chi connectivity index (χ1v) is 9.66. The summed E-state index contributed by atoms with van der Waals surface area (Å²) in [4.78, 5) is 2.16. The van der Waals surface area contributed by atoms with Gasteiger partial charge < -0.3 is 9.30 Å². The second kappa shape index (κ2) is 7.84. The van der Waals surface area contributed by atoms with Crippen LogP contribution in [0.25, 0.3) is 5.69 Å². The van der Waals surface area contributed by atoms with Gasteiger partial charge in [0.25, 0.3) is 0 Å². The van der Waals surface area contributed by atoms with E-state index in [1.807, 2.05) is 4.72 Å². The van der Waals surface area contributed by atoms with E-state index in [9.17, 15) is 26.0 Å². The Morgan fingerprint density at radius 1 is 1.03 bits per heavy atom. The molecule has 1 heterocycles. The van der Waals surface area contributed by atoms with Crippen LogP contribution in [0, 0.1) is 23.3 Å². The Morgan fingerprint density at radius 2 is 1.62 bits per heavy atom. The third kappa shape index (κ3) is 3.83. The zero-order valence-electron chi connectivity index (χ0n) is 15.2. The average Bonchev–Trinajstić information content (AvgIpc) is 3.21. The van der Waals surface area contributed by atoms with Crippen molar-refractivity contribution in [1.29, 1.82) is 0 Å². The maximum Gasteiger partial charge on any atom is 0.247 e. The Bertz CT molecular complexity index is 1110. The van der Waals surface area contributed by atoms with Crippen LogP contribution < -0.4 is 9.46 Å². The van der Waals surface area contributed by atoms with Crippen LogP contribution in [0.4, 0.5) is 17.6 Å². The predicted octanol–water partition coefficient (Wildman–Crippen LogP) is 3.48. The number of imidazole rings is 1. The number of nitrogens with one attached hydrogen (secondary N) is 1. The van der Waals surface area contributed by atoms with Crippen molar-refractivity contribution in [3.05, 3.63) is 71.8 Å². The Hall–Kier alpha value is -2.92. The normalized spacial score (nSPS) is 12.8. The Balaban J connectivity index is 1.92. The van der Waals surface area contributed by atoms with E-state index in [0.717, 1.165) is 12.8 Å². The minimum absolute atomic E-state index is 0.452. The number of halogens is 4. The standard InChI is InChI=1S/C18H15F4N3O3S/c1-10(11-3-5-12(6-4-11)25-8-7-23-9-25)24-29(26,27)18-15(21)13(19)17(28-2)14(20)16(18)22/h3-10,24H,1-2H3. The fraction of sp³-hybridized carbons (Fsp3) is 0.167. The fourth-order valence-corrected chi connectivity index (χ4v) is 4.08. The van der Waals surface area contributed by atoms with E-state index in [1.54, 1.807) is 47.6 Å². The smallest absolute Gasteiger partial charge is 0.247 e. The summed E-state index contributed by atoms with van der Waals surface area (Å²) in [5.41, 5.74) is 1.20. The maximum absolute atomic E-state index is 14.2. The summed E-state index contributed by atoms with van der Waals surface area (Å²) in [5, 5.41) is 0. The molecule has 0 spiro atoms. The van der Waals surface area contributed by atoms with Gasteiger partial charge in [0.2, 0.25) is 21.7 Å². The molecule has 0 bridgehead atoms. The molecule has 2 aromatic carbocycles. The Labute approximate surface area is 163 Å². The molecule has 3 rings (SSSR count). The van der Waals surface area contributed by atoms with E-state index < -0.39 is 50.0 Å². The van der Waals surface area contributed by atoms with Gasteiger partial charge in [-0.2, -0.15) is 8.78 Å². The van der Waals surface area contributed by atoms with Gasteiger partial charge in [-0.1, -0.05) is 12.1 Å². The number of benzene rings is 2. The minimum atomic E-state index is -4.94. The number of methoxy groups -OCH3 is 1. The van der Waals surface area contributed by atoms with Crippen molar-refractivity contribution in [3.63, 3.8) is 0 Å². The van der Waals surface area contributed by atoms with Gasteiger partial charge in [0.05, 0.1) is 13.4 Å². The Kier molecular flexibility index (Phi) is 5.62. The fourth-order valence-electron chi connectivity index (χ4n) is 2.71. The van der Waals surface area contributed by atoms with Crippen LogP contribution in [0.2, 0.25) is 0 Å². The average molecular weight is 429 g/mol. The number of ether oxygens (including phenoxy) is 1. The molecule has 1 unspecified atom stereocenters. The second-order valence-corrected chi connectivity index (χ2v) is 7.67. The first-order chi connectivity index (χ1) is 13.7. The van der Waals surface area contributed by atoms with Crippen LogP contribution in [-0.4, -0.2) is 25.1 Å². The number of aromatic nitrogens is 2. The molecule has 1 aromatic heterocycles. The molecule has 0 aliphatic carbocycles. The molecule has 0 aliphatic rings. The zero-order valence-corrected chi connectivity index (χ0v) is 16.0. The summed E-state index contributed by atoms with van der Waals surface area (Å²) in [6.45, 7) is 1.41. The number of hydrogen-bond donors (Lipinski definition) is 1. The van der Waals surface area contributed by atoms with Crippen molar-refractivity contribution < 1.29 is 30.7 Å². The number of nitrogens with zero attached hydrogens (tertiary/aromatic N) is 2. The Morgan fingerprint density at radius 3 is 2.10 bits per heavy atom.